The van der Waals surface area contributed by atoms with E-state index >= 15 is 0 Å². The van der Waals surface area contributed by atoms with Gasteiger partial charge in [0, 0.05) is 6.54 Å². The third kappa shape index (κ3) is 1.45. The van der Waals surface area contributed by atoms with Crippen LogP contribution in [0, 0.1) is 0 Å². The van der Waals surface area contributed by atoms with Crippen LogP contribution in [0.1, 0.15) is 12.8 Å². The molecule has 1 aliphatic rings. The van der Waals surface area contributed by atoms with Crippen molar-refractivity contribution >= 4 is 0 Å². The van der Waals surface area contributed by atoms with Gasteiger partial charge < -0.3 is 5.11 Å². The third-order valence-electron chi connectivity index (χ3n) is 2.67. The Morgan fingerprint density at radius 3 is 2.75 bits per heavy atom. The summed E-state index contributed by atoms with van der Waals surface area (Å²) in [5.74, 6) is 0. The maximum absolute atomic E-state index is 9.27. The molecule has 1 fully saturated rings. The maximum Gasteiger partial charge on any atom is 0.0651 e. The highest BCUT2D eigenvalue weighted by atomic mass is 16.3. The summed E-state index contributed by atoms with van der Waals surface area (Å²) >= 11 is 0. The van der Waals surface area contributed by atoms with Gasteiger partial charge in [0.15, 0.2) is 0 Å². The van der Waals surface area contributed by atoms with Crippen molar-refractivity contribution in [3.05, 3.63) is 25.3 Å². The van der Waals surface area contributed by atoms with Crippen molar-refractivity contribution in [3.63, 3.8) is 0 Å². The van der Waals surface area contributed by atoms with Gasteiger partial charge in [0.2, 0.25) is 0 Å². The van der Waals surface area contributed by atoms with Crippen LogP contribution in [0.3, 0.4) is 0 Å². The zero-order chi connectivity index (χ0) is 9.03. The predicted octanol–water partition coefficient (Wildman–Crippen LogP) is 1.19. The summed E-state index contributed by atoms with van der Waals surface area (Å²) in [5, 5.41) is 9.27. The third-order valence-corrected chi connectivity index (χ3v) is 2.67. The summed E-state index contributed by atoms with van der Waals surface area (Å²) in [6.45, 7) is 9.53. The summed E-state index contributed by atoms with van der Waals surface area (Å²) in [7, 11) is 0. The van der Waals surface area contributed by atoms with E-state index in [9.17, 15) is 5.11 Å². The number of aliphatic hydroxyl groups is 1. The lowest BCUT2D eigenvalue weighted by atomic mass is 9.97. The lowest BCUT2D eigenvalue weighted by Gasteiger charge is -2.33. The van der Waals surface area contributed by atoms with Gasteiger partial charge in [0.1, 0.15) is 0 Å². The Morgan fingerprint density at radius 1 is 1.50 bits per heavy atom. The highest BCUT2D eigenvalue weighted by Gasteiger charge is 2.36. The first-order valence-electron chi connectivity index (χ1n) is 4.39. The topological polar surface area (TPSA) is 23.5 Å². The number of aliphatic hydroxyl groups excluding tert-OH is 1. The monoisotopic (exact) mass is 167 g/mol. The highest BCUT2D eigenvalue weighted by molar-refractivity contribution is 5.08. The van der Waals surface area contributed by atoms with Crippen LogP contribution in [0.15, 0.2) is 25.3 Å². The molecule has 1 N–H and O–H groups in total. The molecular weight excluding hydrogens is 150 g/mol. The van der Waals surface area contributed by atoms with E-state index < -0.39 is 0 Å². The minimum atomic E-state index is -0.172. The zero-order valence-corrected chi connectivity index (χ0v) is 7.50. The normalized spacial score (nSPS) is 30.4. The molecule has 0 aliphatic carbocycles. The number of likely N-dealkylation sites (tertiary alicyclic amines) is 1. The molecule has 0 bridgehead atoms. The zero-order valence-electron chi connectivity index (χ0n) is 7.50. The van der Waals surface area contributed by atoms with E-state index in [0.717, 1.165) is 25.9 Å². The number of rotatable bonds is 4. The second-order valence-electron chi connectivity index (χ2n) is 3.30. The SMILES string of the molecule is C=CCN1CCC[C@@]1(C=C)CO. The van der Waals surface area contributed by atoms with Gasteiger partial charge in [0.25, 0.3) is 0 Å². The standard InChI is InChI=1S/C10H17NO/c1-3-7-11-8-5-6-10(11,4-2)9-12/h3-4,12H,1-2,5-9H2/t10-/m0/s1. The Morgan fingerprint density at radius 2 is 2.25 bits per heavy atom. The average Bonchev–Trinajstić information content (AvgIpc) is 2.50. The van der Waals surface area contributed by atoms with Crippen LogP contribution >= 0.6 is 0 Å². The van der Waals surface area contributed by atoms with Crippen LogP contribution in [-0.4, -0.2) is 35.2 Å². The largest absolute Gasteiger partial charge is 0.394 e. The van der Waals surface area contributed by atoms with Crippen LogP contribution < -0.4 is 0 Å². The van der Waals surface area contributed by atoms with Gasteiger partial charge >= 0.3 is 0 Å². The molecule has 1 saturated heterocycles. The summed E-state index contributed by atoms with van der Waals surface area (Å²) in [4.78, 5) is 2.23. The van der Waals surface area contributed by atoms with Gasteiger partial charge in [-0.1, -0.05) is 12.2 Å². The smallest absolute Gasteiger partial charge is 0.0651 e. The molecule has 1 rings (SSSR count). The summed E-state index contributed by atoms with van der Waals surface area (Å²) in [6, 6.07) is 0. The maximum atomic E-state index is 9.27. The van der Waals surface area contributed by atoms with Gasteiger partial charge in [-0.25, -0.2) is 0 Å². The molecule has 1 heterocycles. The predicted molar refractivity (Wildman–Crippen MR) is 51.0 cm³/mol. The van der Waals surface area contributed by atoms with E-state index in [4.69, 9.17) is 0 Å². The molecule has 0 aromatic carbocycles. The minimum Gasteiger partial charge on any atom is -0.394 e. The number of nitrogens with zero attached hydrogens (tertiary/aromatic N) is 1. The molecule has 0 spiro atoms. The molecule has 2 heteroatoms. The summed E-state index contributed by atoms with van der Waals surface area (Å²) in [5.41, 5.74) is -0.172. The fourth-order valence-electron chi connectivity index (χ4n) is 1.86. The quantitative estimate of drug-likeness (QED) is 0.636. The van der Waals surface area contributed by atoms with Crippen LogP contribution in [0.2, 0.25) is 0 Å². The fourth-order valence-corrected chi connectivity index (χ4v) is 1.86. The van der Waals surface area contributed by atoms with Crippen LogP contribution in [0.4, 0.5) is 0 Å². The van der Waals surface area contributed by atoms with Crippen molar-refractivity contribution in [3.8, 4) is 0 Å². The molecule has 12 heavy (non-hydrogen) atoms. The van der Waals surface area contributed by atoms with Crippen LogP contribution in [0.5, 0.6) is 0 Å². The van der Waals surface area contributed by atoms with Crippen molar-refractivity contribution in [2.75, 3.05) is 19.7 Å². The molecule has 0 radical (unpaired) electrons. The van der Waals surface area contributed by atoms with E-state index in [0.29, 0.717) is 0 Å². The molecule has 2 nitrogen and oxygen atoms in total. The molecule has 1 aliphatic heterocycles. The Bertz CT molecular complexity index is 179. The molecule has 0 aromatic rings. The minimum absolute atomic E-state index is 0.171. The Labute approximate surface area is 74.2 Å². The van der Waals surface area contributed by atoms with Crippen molar-refractivity contribution in [2.24, 2.45) is 0 Å². The molecule has 0 unspecified atom stereocenters. The first-order chi connectivity index (χ1) is 5.79. The lowest BCUT2D eigenvalue weighted by Crippen LogP contribution is -2.45. The first kappa shape index (κ1) is 9.49. The number of hydrogen-bond donors (Lipinski definition) is 1. The summed E-state index contributed by atoms with van der Waals surface area (Å²) < 4.78 is 0. The van der Waals surface area contributed by atoms with Crippen molar-refractivity contribution in [2.45, 2.75) is 18.4 Å². The number of hydrogen-bond acceptors (Lipinski definition) is 2. The van der Waals surface area contributed by atoms with Gasteiger partial charge in [0.05, 0.1) is 12.1 Å². The van der Waals surface area contributed by atoms with E-state index in [-0.39, 0.29) is 12.1 Å². The van der Waals surface area contributed by atoms with Crippen molar-refractivity contribution in [1.29, 1.82) is 0 Å². The Balaban J connectivity index is 2.71. The molecule has 0 aromatic heterocycles. The summed E-state index contributed by atoms with van der Waals surface area (Å²) in [6.07, 6.45) is 5.89. The molecule has 0 saturated carbocycles. The average molecular weight is 167 g/mol. The molecule has 1 atom stereocenters. The second kappa shape index (κ2) is 3.87. The van der Waals surface area contributed by atoms with Gasteiger partial charge in [-0.05, 0) is 19.4 Å². The van der Waals surface area contributed by atoms with E-state index in [1.54, 1.807) is 0 Å². The van der Waals surface area contributed by atoms with Crippen LogP contribution in [0.25, 0.3) is 0 Å². The van der Waals surface area contributed by atoms with Crippen molar-refractivity contribution in [1.82, 2.24) is 4.90 Å². The van der Waals surface area contributed by atoms with Gasteiger partial charge in [-0.3, -0.25) is 4.90 Å². The molecular formula is C10H17NO. The second-order valence-corrected chi connectivity index (χ2v) is 3.30. The van der Waals surface area contributed by atoms with E-state index in [1.807, 2.05) is 12.2 Å². The van der Waals surface area contributed by atoms with Gasteiger partial charge in [-0.2, -0.15) is 0 Å². The van der Waals surface area contributed by atoms with E-state index in [1.165, 1.54) is 0 Å². The Kier molecular flexibility index (Phi) is 3.06. The lowest BCUT2D eigenvalue weighted by molar-refractivity contribution is 0.112. The fraction of sp³-hybridized carbons (Fsp3) is 0.600. The van der Waals surface area contributed by atoms with Crippen molar-refractivity contribution < 1.29 is 5.11 Å². The van der Waals surface area contributed by atoms with Crippen LogP contribution in [-0.2, 0) is 0 Å². The first-order valence-corrected chi connectivity index (χ1v) is 4.39. The molecule has 0 amide bonds. The highest BCUT2D eigenvalue weighted by Crippen LogP contribution is 2.29. The van der Waals surface area contributed by atoms with Gasteiger partial charge in [-0.15, -0.1) is 13.2 Å². The Hall–Kier alpha value is -0.600. The van der Waals surface area contributed by atoms with E-state index in [2.05, 4.69) is 18.1 Å². The molecule has 68 valence electrons.